The highest BCUT2D eigenvalue weighted by Crippen LogP contribution is 2.49. The summed E-state index contributed by atoms with van der Waals surface area (Å²) in [7, 11) is 0. The Hall–Kier alpha value is -2.04. The van der Waals surface area contributed by atoms with Gasteiger partial charge in [-0.2, -0.15) is 0 Å². The molecular weight excluding hydrogens is 316 g/mol. The Labute approximate surface area is 148 Å². The minimum Gasteiger partial charge on any atom is -0.508 e. The number of nitrogens with one attached hydrogen (secondary N) is 1. The van der Waals surface area contributed by atoms with Crippen LogP contribution in [0.3, 0.4) is 0 Å². The second kappa shape index (κ2) is 6.70. The summed E-state index contributed by atoms with van der Waals surface area (Å²) in [6.45, 7) is 2.11. The summed E-state index contributed by atoms with van der Waals surface area (Å²) < 4.78 is 0. The van der Waals surface area contributed by atoms with Crippen LogP contribution in [-0.2, 0) is 9.59 Å². The Morgan fingerprint density at radius 1 is 1.24 bits per heavy atom. The van der Waals surface area contributed by atoms with Crippen molar-refractivity contribution in [1.29, 1.82) is 0 Å². The Morgan fingerprint density at radius 2 is 2.08 bits per heavy atom. The normalized spacial score (nSPS) is 28.5. The van der Waals surface area contributed by atoms with Crippen LogP contribution in [0.2, 0.25) is 0 Å². The first kappa shape index (κ1) is 16.4. The molecule has 0 aromatic heterocycles. The predicted molar refractivity (Wildman–Crippen MR) is 94.0 cm³/mol. The Morgan fingerprint density at radius 3 is 2.84 bits per heavy atom. The molecule has 25 heavy (non-hydrogen) atoms. The first-order chi connectivity index (χ1) is 12.1. The highest BCUT2D eigenvalue weighted by molar-refractivity contribution is 5.85. The Bertz CT molecular complexity index is 671. The van der Waals surface area contributed by atoms with Crippen molar-refractivity contribution in [2.75, 3.05) is 19.6 Å². The number of rotatable bonds is 5. The van der Waals surface area contributed by atoms with Crippen LogP contribution in [0.4, 0.5) is 0 Å². The molecule has 1 heterocycles. The van der Waals surface area contributed by atoms with E-state index in [0.717, 1.165) is 37.9 Å². The first-order valence-electron chi connectivity index (χ1n) is 9.47. The van der Waals surface area contributed by atoms with Crippen LogP contribution in [0.15, 0.2) is 24.3 Å². The fourth-order valence-corrected chi connectivity index (χ4v) is 3.93. The average Bonchev–Trinajstić information content (AvgIpc) is 3.53. The third-order valence-electron chi connectivity index (χ3n) is 5.77. The third-order valence-corrected chi connectivity index (χ3v) is 5.77. The van der Waals surface area contributed by atoms with Gasteiger partial charge in [-0.3, -0.25) is 9.59 Å². The number of hydrogen-bond acceptors (Lipinski definition) is 3. The zero-order valence-electron chi connectivity index (χ0n) is 14.5. The van der Waals surface area contributed by atoms with E-state index in [0.29, 0.717) is 12.5 Å². The van der Waals surface area contributed by atoms with Crippen LogP contribution in [0.25, 0.3) is 0 Å². The van der Waals surface area contributed by atoms with Crippen LogP contribution in [0.1, 0.15) is 43.6 Å². The molecular formula is C20H26N2O3. The number of phenols is 1. The van der Waals surface area contributed by atoms with Gasteiger partial charge < -0.3 is 15.3 Å². The van der Waals surface area contributed by atoms with E-state index in [1.54, 1.807) is 12.1 Å². The topological polar surface area (TPSA) is 69.6 Å². The van der Waals surface area contributed by atoms with Crippen LogP contribution in [0.5, 0.6) is 5.75 Å². The Balaban J connectivity index is 1.32. The van der Waals surface area contributed by atoms with E-state index >= 15 is 0 Å². The summed E-state index contributed by atoms with van der Waals surface area (Å²) >= 11 is 0. The number of phenolic OH excluding ortho intramolecular Hbond substituents is 1. The van der Waals surface area contributed by atoms with E-state index in [2.05, 4.69) is 5.32 Å². The van der Waals surface area contributed by atoms with Crippen molar-refractivity contribution >= 4 is 11.8 Å². The van der Waals surface area contributed by atoms with Crippen molar-refractivity contribution in [2.24, 2.45) is 17.8 Å². The lowest BCUT2D eigenvalue weighted by molar-refractivity contribution is -0.136. The molecule has 2 amide bonds. The molecule has 5 heteroatoms. The molecule has 0 spiro atoms. The second-order valence-corrected chi connectivity index (χ2v) is 7.86. The van der Waals surface area contributed by atoms with Gasteiger partial charge in [0.05, 0.1) is 5.92 Å². The second-order valence-electron chi connectivity index (χ2n) is 7.86. The van der Waals surface area contributed by atoms with Gasteiger partial charge in [0.1, 0.15) is 5.75 Å². The van der Waals surface area contributed by atoms with Crippen LogP contribution >= 0.6 is 0 Å². The number of nitrogens with zero attached hydrogens (tertiary/aromatic N) is 1. The van der Waals surface area contributed by atoms with Gasteiger partial charge >= 0.3 is 0 Å². The minimum absolute atomic E-state index is 0.00933. The van der Waals surface area contributed by atoms with E-state index in [9.17, 15) is 14.7 Å². The van der Waals surface area contributed by atoms with Crippen LogP contribution in [0, 0.1) is 17.8 Å². The molecule has 1 aromatic rings. The lowest BCUT2D eigenvalue weighted by atomic mass is 9.96. The van der Waals surface area contributed by atoms with E-state index in [1.165, 1.54) is 12.8 Å². The fraction of sp³-hybridized carbons (Fsp3) is 0.600. The number of carbonyl (C=O) groups is 2. The van der Waals surface area contributed by atoms with Crippen molar-refractivity contribution < 1.29 is 14.7 Å². The molecule has 2 aliphatic carbocycles. The van der Waals surface area contributed by atoms with Gasteiger partial charge in [-0.1, -0.05) is 12.1 Å². The van der Waals surface area contributed by atoms with Gasteiger partial charge in [0.25, 0.3) is 0 Å². The van der Waals surface area contributed by atoms with Gasteiger partial charge in [-0.05, 0) is 61.6 Å². The van der Waals surface area contributed by atoms with Crippen molar-refractivity contribution in [1.82, 2.24) is 10.2 Å². The molecule has 3 fully saturated rings. The number of benzene rings is 1. The summed E-state index contributed by atoms with van der Waals surface area (Å²) in [6, 6.07) is 7.20. The quantitative estimate of drug-likeness (QED) is 0.862. The number of aromatic hydroxyl groups is 1. The van der Waals surface area contributed by atoms with Gasteiger partial charge in [0.2, 0.25) is 11.8 Å². The lowest BCUT2D eigenvalue weighted by Crippen LogP contribution is -2.46. The van der Waals surface area contributed by atoms with Crippen LogP contribution in [-0.4, -0.2) is 41.5 Å². The zero-order valence-corrected chi connectivity index (χ0v) is 14.5. The molecule has 3 unspecified atom stereocenters. The number of amides is 2. The summed E-state index contributed by atoms with van der Waals surface area (Å²) in [5.41, 5.74) is 1.04. The molecule has 5 nitrogen and oxygen atoms in total. The number of carbonyl (C=O) groups excluding carboxylic acids is 2. The van der Waals surface area contributed by atoms with Crippen molar-refractivity contribution in [2.45, 2.75) is 38.0 Å². The summed E-state index contributed by atoms with van der Waals surface area (Å²) in [4.78, 5) is 27.0. The number of piperidine rings is 1. The molecule has 1 aromatic carbocycles. The van der Waals surface area contributed by atoms with Crippen LogP contribution < -0.4 is 5.32 Å². The largest absolute Gasteiger partial charge is 0.508 e. The van der Waals surface area contributed by atoms with Gasteiger partial charge in [-0.25, -0.2) is 0 Å². The van der Waals surface area contributed by atoms with Gasteiger partial charge in [0, 0.05) is 25.6 Å². The highest BCUT2D eigenvalue weighted by atomic mass is 16.3. The third kappa shape index (κ3) is 3.80. The molecule has 4 rings (SSSR count). The number of hydrogen-bond donors (Lipinski definition) is 2. The summed E-state index contributed by atoms with van der Waals surface area (Å²) in [5.74, 6) is 1.38. The monoisotopic (exact) mass is 342 g/mol. The van der Waals surface area contributed by atoms with Crippen molar-refractivity contribution in [3.63, 3.8) is 0 Å². The van der Waals surface area contributed by atoms with E-state index in [4.69, 9.17) is 0 Å². The molecule has 3 aliphatic rings. The summed E-state index contributed by atoms with van der Waals surface area (Å²) in [6.07, 6.45) is 5.08. The first-order valence-corrected chi connectivity index (χ1v) is 9.47. The van der Waals surface area contributed by atoms with E-state index < -0.39 is 0 Å². The molecule has 3 atom stereocenters. The average molecular weight is 342 g/mol. The van der Waals surface area contributed by atoms with Gasteiger partial charge in [0.15, 0.2) is 0 Å². The predicted octanol–water partition coefficient (Wildman–Crippen LogP) is 2.26. The molecule has 0 bridgehead atoms. The van der Waals surface area contributed by atoms with E-state index in [-0.39, 0.29) is 35.3 Å². The fourth-order valence-electron chi connectivity index (χ4n) is 3.93. The maximum atomic E-state index is 12.8. The molecule has 2 N–H and O–H groups in total. The lowest BCUT2D eigenvalue weighted by Gasteiger charge is -2.32. The maximum Gasteiger partial charge on any atom is 0.226 e. The molecule has 0 radical (unpaired) electrons. The highest BCUT2D eigenvalue weighted by Gasteiger charge is 2.46. The zero-order chi connectivity index (χ0) is 17.4. The molecule has 134 valence electrons. The van der Waals surface area contributed by atoms with Crippen molar-refractivity contribution in [3.8, 4) is 5.75 Å². The SMILES string of the molecule is O=C(NCC1CC1)C1CCCN(C(=O)C2CC2c2cccc(O)c2)C1. The smallest absolute Gasteiger partial charge is 0.226 e. The molecule has 2 saturated carbocycles. The van der Waals surface area contributed by atoms with Gasteiger partial charge in [-0.15, -0.1) is 0 Å². The summed E-state index contributed by atoms with van der Waals surface area (Å²) in [5, 5.41) is 12.7. The van der Waals surface area contributed by atoms with E-state index in [1.807, 2.05) is 17.0 Å². The molecule has 1 saturated heterocycles. The molecule has 1 aliphatic heterocycles. The standard InChI is InChI=1S/C20H26N2O3/c23-16-5-1-3-14(9-16)17-10-18(17)20(25)22-8-2-4-15(12-22)19(24)21-11-13-6-7-13/h1,3,5,9,13,15,17-18,23H,2,4,6-8,10-12H2,(H,21,24). The van der Waals surface area contributed by atoms with Crippen molar-refractivity contribution in [3.05, 3.63) is 29.8 Å². The Kier molecular flexibility index (Phi) is 4.40. The minimum atomic E-state index is -0.0607. The number of likely N-dealkylation sites (tertiary alicyclic amines) is 1. The maximum absolute atomic E-state index is 12.8.